The zero-order chi connectivity index (χ0) is 9.68. The summed E-state index contributed by atoms with van der Waals surface area (Å²) >= 11 is 0. The van der Waals surface area contributed by atoms with E-state index in [4.69, 9.17) is 10.2 Å². The van der Waals surface area contributed by atoms with Crippen LogP contribution in [0.15, 0.2) is 6.20 Å². The van der Waals surface area contributed by atoms with Gasteiger partial charge in [0.2, 0.25) is 0 Å². The molecule has 0 fully saturated rings. The highest BCUT2D eigenvalue weighted by molar-refractivity contribution is 5.69. The molecule has 0 radical (unpaired) electrons. The molecule has 0 saturated heterocycles. The van der Waals surface area contributed by atoms with Crippen molar-refractivity contribution in [3.63, 3.8) is 0 Å². The Morgan fingerprint density at radius 2 is 2.38 bits per heavy atom. The number of aryl methyl sites for hydroxylation is 1. The van der Waals surface area contributed by atoms with Gasteiger partial charge in [0.25, 0.3) is 0 Å². The summed E-state index contributed by atoms with van der Waals surface area (Å²) in [5.74, 6) is -0.922. The van der Waals surface area contributed by atoms with E-state index in [1.807, 2.05) is 0 Å². The topological polar surface area (TPSA) is 88.2 Å². The Hall–Kier alpha value is -1.43. The monoisotopic (exact) mass is 185 g/mol. The predicted octanol–water partition coefficient (Wildman–Crippen LogP) is -0.712. The largest absolute Gasteiger partial charge is 0.481 e. The van der Waals surface area contributed by atoms with E-state index in [2.05, 4.69) is 10.3 Å². The van der Waals surface area contributed by atoms with Crippen LogP contribution in [0.1, 0.15) is 12.1 Å². The van der Waals surface area contributed by atoms with Crippen molar-refractivity contribution in [2.75, 3.05) is 6.61 Å². The summed E-state index contributed by atoms with van der Waals surface area (Å²) < 4.78 is 1.52. The molecule has 1 rings (SSSR count). The number of aromatic nitrogens is 3. The van der Waals surface area contributed by atoms with Gasteiger partial charge in [0, 0.05) is 19.3 Å². The molecule has 1 heterocycles. The summed E-state index contributed by atoms with van der Waals surface area (Å²) in [5, 5.41) is 24.3. The van der Waals surface area contributed by atoms with Crippen LogP contribution >= 0.6 is 0 Å². The lowest BCUT2D eigenvalue weighted by Gasteiger charge is -1.94. The molecule has 6 nitrogen and oxygen atoms in total. The van der Waals surface area contributed by atoms with Gasteiger partial charge in [-0.1, -0.05) is 5.21 Å². The van der Waals surface area contributed by atoms with Crippen molar-refractivity contribution in [2.24, 2.45) is 0 Å². The number of hydrogen-bond acceptors (Lipinski definition) is 4. The molecule has 0 amide bonds. The maximum atomic E-state index is 10.3. The number of rotatable bonds is 5. The van der Waals surface area contributed by atoms with Gasteiger partial charge in [-0.3, -0.25) is 9.48 Å². The first-order valence-corrected chi connectivity index (χ1v) is 3.94. The van der Waals surface area contributed by atoms with Crippen LogP contribution in [-0.2, 0) is 17.8 Å². The minimum Gasteiger partial charge on any atom is -0.481 e. The molecule has 1 aromatic rings. The van der Waals surface area contributed by atoms with Crippen LogP contribution in [-0.4, -0.2) is 37.8 Å². The number of hydrogen-bond donors (Lipinski definition) is 2. The van der Waals surface area contributed by atoms with E-state index in [-0.39, 0.29) is 13.0 Å². The minimum absolute atomic E-state index is 0.0914. The molecule has 0 atom stereocenters. The second-order valence-corrected chi connectivity index (χ2v) is 2.62. The van der Waals surface area contributed by atoms with E-state index < -0.39 is 5.97 Å². The number of aliphatic hydroxyl groups excluding tert-OH is 1. The fourth-order valence-electron chi connectivity index (χ4n) is 0.916. The van der Waals surface area contributed by atoms with Crippen molar-refractivity contribution in [1.82, 2.24) is 15.0 Å². The Morgan fingerprint density at radius 1 is 1.62 bits per heavy atom. The normalized spacial score (nSPS) is 10.2. The van der Waals surface area contributed by atoms with Gasteiger partial charge in [-0.15, -0.1) is 5.10 Å². The molecule has 0 spiro atoms. The van der Waals surface area contributed by atoms with Crippen molar-refractivity contribution in [3.8, 4) is 0 Å². The number of aliphatic carboxylic acids is 1. The molecular formula is C7H11N3O3. The Bertz CT molecular complexity index is 284. The van der Waals surface area contributed by atoms with Crippen molar-refractivity contribution in [3.05, 3.63) is 11.9 Å². The minimum atomic E-state index is -0.922. The van der Waals surface area contributed by atoms with Gasteiger partial charge >= 0.3 is 5.97 Å². The van der Waals surface area contributed by atoms with Crippen molar-refractivity contribution >= 4 is 5.97 Å². The smallest absolute Gasteiger partial charge is 0.309 e. The van der Waals surface area contributed by atoms with E-state index >= 15 is 0 Å². The number of nitrogens with zero attached hydrogens (tertiary/aromatic N) is 3. The van der Waals surface area contributed by atoms with Crippen LogP contribution in [0.25, 0.3) is 0 Å². The van der Waals surface area contributed by atoms with Crippen LogP contribution in [0.4, 0.5) is 0 Å². The maximum absolute atomic E-state index is 10.3. The molecule has 0 aliphatic heterocycles. The summed E-state index contributed by atoms with van der Waals surface area (Å²) in [6.45, 7) is 0.650. The van der Waals surface area contributed by atoms with Crippen LogP contribution in [0.2, 0.25) is 0 Å². The predicted molar refractivity (Wildman–Crippen MR) is 43.1 cm³/mol. The Balaban J connectivity index is 2.48. The molecule has 0 aliphatic carbocycles. The van der Waals surface area contributed by atoms with Crippen LogP contribution in [0.3, 0.4) is 0 Å². The van der Waals surface area contributed by atoms with E-state index in [9.17, 15) is 4.79 Å². The molecule has 0 unspecified atom stereocenters. The Labute approximate surface area is 74.8 Å². The van der Waals surface area contributed by atoms with Crippen molar-refractivity contribution < 1.29 is 15.0 Å². The molecule has 0 saturated carbocycles. The highest BCUT2D eigenvalue weighted by atomic mass is 16.4. The maximum Gasteiger partial charge on any atom is 0.309 e. The SMILES string of the molecule is O=C(O)Cc1cn(CCCO)nn1. The highest BCUT2D eigenvalue weighted by Gasteiger charge is 2.04. The van der Waals surface area contributed by atoms with Gasteiger partial charge in [0.1, 0.15) is 0 Å². The average molecular weight is 185 g/mol. The zero-order valence-electron chi connectivity index (χ0n) is 7.05. The molecule has 0 aliphatic rings. The van der Waals surface area contributed by atoms with E-state index in [1.165, 1.54) is 4.68 Å². The first kappa shape index (κ1) is 9.66. The summed E-state index contributed by atoms with van der Waals surface area (Å²) in [5.41, 5.74) is 0.436. The second-order valence-electron chi connectivity index (χ2n) is 2.62. The summed E-state index contributed by atoms with van der Waals surface area (Å²) in [7, 11) is 0. The zero-order valence-corrected chi connectivity index (χ0v) is 7.05. The van der Waals surface area contributed by atoms with E-state index in [0.29, 0.717) is 18.7 Å². The lowest BCUT2D eigenvalue weighted by atomic mass is 10.3. The third-order valence-electron chi connectivity index (χ3n) is 1.46. The average Bonchev–Trinajstić information content (AvgIpc) is 2.48. The molecule has 1 aromatic heterocycles. The van der Waals surface area contributed by atoms with E-state index in [0.717, 1.165) is 0 Å². The Morgan fingerprint density at radius 3 is 3.00 bits per heavy atom. The molecule has 0 aromatic carbocycles. The lowest BCUT2D eigenvalue weighted by molar-refractivity contribution is -0.136. The first-order chi connectivity index (χ1) is 6.22. The van der Waals surface area contributed by atoms with Crippen molar-refractivity contribution in [1.29, 1.82) is 0 Å². The van der Waals surface area contributed by atoms with Crippen LogP contribution in [0, 0.1) is 0 Å². The summed E-state index contributed by atoms with van der Waals surface area (Å²) in [6.07, 6.45) is 2.05. The number of carboxylic acids is 1. The van der Waals surface area contributed by atoms with Gasteiger partial charge in [0.15, 0.2) is 0 Å². The number of carbonyl (C=O) groups is 1. The highest BCUT2D eigenvalue weighted by Crippen LogP contribution is 1.95. The Kier molecular flexibility index (Phi) is 3.39. The number of aliphatic hydroxyl groups is 1. The summed E-state index contributed by atoms with van der Waals surface area (Å²) in [4.78, 5) is 10.3. The van der Waals surface area contributed by atoms with Crippen LogP contribution in [0.5, 0.6) is 0 Å². The fraction of sp³-hybridized carbons (Fsp3) is 0.571. The van der Waals surface area contributed by atoms with E-state index in [1.54, 1.807) is 6.20 Å². The lowest BCUT2D eigenvalue weighted by Crippen LogP contribution is -2.01. The van der Waals surface area contributed by atoms with Gasteiger partial charge in [-0.25, -0.2) is 0 Å². The second kappa shape index (κ2) is 4.56. The van der Waals surface area contributed by atoms with Gasteiger partial charge in [-0.2, -0.15) is 0 Å². The summed E-state index contributed by atoms with van der Waals surface area (Å²) in [6, 6.07) is 0. The molecule has 6 heteroatoms. The molecule has 2 N–H and O–H groups in total. The quantitative estimate of drug-likeness (QED) is 0.632. The van der Waals surface area contributed by atoms with Gasteiger partial charge in [0.05, 0.1) is 12.1 Å². The van der Waals surface area contributed by atoms with Crippen LogP contribution < -0.4 is 0 Å². The fourth-order valence-corrected chi connectivity index (χ4v) is 0.916. The molecule has 72 valence electrons. The third kappa shape index (κ3) is 3.20. The standard InChI is InChI=1S/C7H11N3O3/c11-3-1-2-10-5-6(8-9-10)4-7(12)13/h5,11H,1-4H2,(H,12,13). The molecular weight excluding hydrogens is 174 g/mol. The van der Waals surface area contributed by atoms with Crippen molar-refractivity contribution in [2.45, 2.75) is 19.4 Å². The first-order valence-electron chi connectivity index (χ1n) is 3.94. The third-order valence-corrected chi connectivity index (χ3v) is 1.46. The molecule has 13 heavy (non-hydrogen) atoms. The van der Waals surface area contributed by atoms with Gasteiger partial charge in [-0.05, 0) is 6.42 Å². The van der Waals surface area contributed by atoms with Gasteiger partial charge < -0.3 is 10.2 Å². The molecule has 0 bridgehead atoms. The number of carboxylic acid groups (broad SMARTS) is 1.